The van der Waals surface area contributed by atoms with Gasteiger partial charge in [-0.1, -0.05) is 32.3 Å². The molecule has 0 amide bonds. The molecule has 0 heterocycles. The first-order valence-electron chi connectivity index (χ1n) is 7.29. The summed E-state index contributed by atoms with van der Waals surface area (Å²) in [5.41, 5.74) is 0.903. The molecule has 0 spiro atoms. The second kappa shape index (κ2) is 7.72. The van der Waals surface area contributed by atoms with Crippen molar-refractivity contribution in [3.8, 4) is 12.1 Å². The Balaban J connectivity index is 2.14. The minimum atomic E-state index is 0.449. The molecule has 0 aliphatic heterocycles. The van der Waals surface area contributed by atoms with Gasteiger partial charge in [0.2, 0.25) is 0 Å². The molecule has 21 heavy (non-hydrogen) atoms. The second-order valence-corrected chi connectivity index (χ2v) is 6.21. The van der Waals surface area contributed by atoms with Gasteiger partial charge in [0.05, 0.1) is 11.1 Å². The van der Waals surface area contributed by atoms with Gasteiger partial charge in [0.25, 0.3) is 0 Å². The third-order valence-corrected chi connectivity index (χ3v) is 4.54. The smallest absolute Gasteiger partial charge is 0.101 e. The van der Waals surface area contributed by atoms with Crippen molar-refractivity contribution in [1.82, 2.24) is 0 Å². The van der Waals surface area contributed by atoms with E-state index in [4.69, 9.17) is 10.5 Å². The third kappa shape index (κ3) is 4.00. The Hall–Kier alpha value is -1.97. The van der Waals surface area contributed by atoms with Crippen molar-refractivity contribution in [2.24, 2.45) is 0 Å². The second-order valence-electron chi connectivity index (χ2n) is 5.04. The lowest BCUT2D eigenvalue weighted by Gasteiger charge is -2.05. The summed E-state index contributed by atoms with van der Waals surface area (Å²) >= 11 is 1.86. The molecule has 106 valence electrons. The van der Waals surface area contributed by atoms with Crippen LogP contribution in [0.25, 0.3) is 10.8 Å². The molecule has 0 fully saturated rings. The van der Waals surface area contributed by atoms with E-state index >= 15 is 0 Å². The summed E-state index contributed by atoms with van der Waals surface area (Å²) in [5, 5.41) is 20.2. The van der Waals surface area contributed by atoms with Gasteiger partial charge in [-0.05, 0) is 47.2 Å². The van der Waals surface area contributed by atoms with Gasteiger partial charge in [0, 0.05) is 4.90 Å². The number of hydrogen-bond donors (Lipinski definition) is 0. The van der Waals surface area contributed by atoms with Crippen LogP contribution in [0.4, 0.5) is 0 Å². The maximum atomic E-state index is 9.10. The first-order valence-corrected chi connectivity index (χ1v) is 8.28. The zero-order valence-corrected chi connectivity index (χ0v) is 13.0. The van der Waals surface area contributed by atoms with Gasteiger partial charge in [-0.25, -0.2) is 0 Å². The molecule has 0 unspecified atom stereocenters. The molecule has 0 bridgehead atoms. The zero-order valence-electron chi connectivity index (χ0n) is 12.2. The van der Waals surface area contributed by atoms with Crippen molar-refractivity contribution in [1.29, 1.82) is 10.5 Å². The predicted molar refractivity (Wildman–Crippen MR) is 88.2 cm³/mol. The topological polar surface area (TPSA) is 47.6 Å². The highest BCUT2D eigenvalue weighted by Crippen LogP contribution is 2.26. The first kappa shape index (κ1) is 15.4. The van der Waals surface area contributed by atoms with Crippen LogP contribution in [0.1, 0.15) is 43.7 Å². The van der Waals surface area contributed by atoms with Gasteiger partial charge in [0.15, 0.2) is 0 Å². The largest absolute Gasteiger partial charge is 0.192 e. The quantitative estimate of drug-likeness (QED) is 0.539. The highest BCUT2D eigenvalue weighted by Gasteiger charge is 2.05. The molecule has 2 aromatic carbocycles. The summed E-state index contributed by atoms with van der Waals surface area (Å²) in [4.78, 5) is 1.23. The van der Waals surface area contributed by atoms with Crippen molar-refractivity contribution in [2.45, 2.75) is 37.5 Å². The molecular formula is C18H18N2S. The molecule has 2 nitrogen and oxygen atoms in total. The molecule has 0 saturated heterocycles. The Morgan fingerprint density at radius 1 is 0.905 bits per heavy atom. The van der Waals surface area contributed by atoms with Gasteiger partial charge >= 0.3 is 0 Å². The maximum Gasteiger partial charge on any atom is 0.101 e. The van der Waals surface area contributed by atoms with Crippen molar-refractivity contribution in [2.75, 3.05) is 5.75 Å². The standard InChI is InChI=1S/C18H18N2S/c1-2-3-4-5-8-21-18-7-6-14-9-16(12-19)17(13-20)10-15(14)11-18/h6-7,9-11H,2-5,8H2,1H3. The van der Waals surface area contributed by atoms with Gasteiger partial charge in [-0.3, -0.25) is 0 Å². The van der Waals surface area contributed by atoms with E-state index < -0.39 is 0 Å². The van der Waals surface area contributed by atoms with Crippen LogP contribution >= 0.6 is 11.8 Å². The minimum absolute atomic E-state index is 0.449. The molecule has 3 heteroatoms. The van der Waals surface area contributed by atoms with E-state index in [0.717, 1.165) is 16.5 Å². The molecule has 2 aromatic rings. The van der Waals surface area contributed by atoms with Crippen LogP contribution < -0.4 is 0 Å². The average Bonchev–Trinajstić information content (AvgIpc) is 2.53. The summed E-state index contributed by atoms with van der Waals surface area (Å²) in [6, 6.07) is 14.0. The maximum absolute atomic E-state index is 9.10. The zero-order chi connectivity index (χ0) is 15.1. The molecule has 0 saturated carbocycles. The molecule has 0 atom stereocenters. The molecule has 0 aliphatic rings. The van der Waals surface area contributed by atoms with Gasteiger partial charge in [-0.2, -0.15) is 10.5 Å². The number of hydrogen-bond acceptors (Lipinski definition) is 3. The van der Waals surface area contributed by atoms with Gasteiger partial charge in [0.1, 0.15) is 12.1 Å². The fraction of sp³-hybridized carbons (Fsp3) is 0.333. The molecule has 0 radical (unpaired) electrons. The van der Waals surface area contributed by atoms with Crippen LogP contribution in [-0.4, -0.2) is 5.75 Å². The Morgan fingerprint density at radius 2 is 1.62 bits per heavy atom. The van der Waals surface area contributed by atoms with Crippen LogP contribution in [0.5, 0.6) is 0 Å². The number of nitrogens with zero attached hydrogens (tertiary/aromatic N) is 2. The Morgan fingerprint density at radius 3 is 2.29 bits per heavy atom. The number of nitriles is 2. The van der Waals surface area contributed by atoms with E-state index in [1.54, 1.807) is 6.07 Å². The van der Waals surface area contributed by atoms with E-state index in [-0.39, 0.29) is 0 Å². The number of unbranched alkanes of at least 4 members (excludes halogenated alkanes) is 3. The van der Waals surface area contributed by atoms with Gasteiger partial charge in [-0.15, -0.1) is 11.8 Å². The van der Waals surface area contributed by atoms with E-state index in [2.05, 4.69) is 31.2 Å². The lowest BCUT2D eigenvalue weighted by molar-refractivity contribution is 0.706. The SMILES string of the molecule is CCCCCCSc1ccc2cc(C#N)c(C#N)cc2c1. The fourth-order valence-electron chi connectivity index (χ4n) is 2.27. The monoisotopic (exact) mass is 294 g/mol. The summed E-state index contributed by atoms with van der Waals surface area (Å²) in [7, 11) is 0. The highest BCUT2D eigenvalue weighted by atomic mass is 32.2. The Bertz CT molecular complexity index is 707. The summed E-state index contributed by atoms with van der Waals surface area (Å²) in [6.45, 7) is 2.22. The van der Waals surface area contributed by atoms with Crippen molar-refractivity contribution < 1.29 is 0 Å². The van der Waals surface area contributed by atoms with E-state index in [1.165, 1.54) is 30.6 Å². The predicted octanol–water partition coefficient (Wildman–Crippen LogP) is 5.26. The summed E-state index contributed by atoms with van der Waals surface area (Å²) in [6.07, 6.45) is 5.11. The lowest BCUT2D eigenvalue weighted by Crippen LogP contribution is -1.86. The van der Waals surface area contributed by atoms with E-state index in [9.17, 15) is 0 Å². The van der Waals surface area contributed by atoms with Crippen molar-refractivity contribution in [3.05, 3.63) is 41.5 Å². The van der Waals surface area contributed by atoms with Crippen LogP contribution in [0.2, 0.25) is 0 Å². The number of thioether (sulfide) groups is 1. The number of rotatable bonds is 6. The lowest BCUT2D eigenvalue weighted by atomic mass is 10.0. The Labute approximate surface area is 130 Å². The number of benzene rings is 2. The van der Waals surface area contributed by atoms with Crippen LogP contribution in [0.15, 0.2) is 35.2 Å². The van der Waals surface area contributed by atoms with Gasteiger partial charge < -0.3 is 0 Å². The first-order chi connectivity index (χ1) is 10.3. The average molecular weight is 294 g/mol. The normalized spacial score (nSPS) is 10.2. The molecule has 0 aromatic heterocycles. The molecule has 2 rings (SSSR count). The third-order valence-electron chi connectivity index (χ3n) is 3.46. The van der Waals surface area contributed by atoms with E-state index in [1.807, 2.05) is 23.9 Å². The van der Waals surface area contributed by atoms with Crippen molar-refractivity contribution in [3.63, 3.8) is 0 Å². The molecule has 0 N–H and O–H groups in total. The summed E-state index contributed by atoms with van der Waals surface area (Å²) in [5.74, 6) is 1.13. The van der Waals surface area contributed by atoms with Crippen LogP contribution in [0.3, 0.4) is 0 Å². The van der Waals surface area contributed by atoms with E-state index in [0.29, 0.717) is 11.1 Å². The van der Waals surface area contributed by atoms with Crippen molar-refractivity contribution >= 4 is 22.5 Å². The Kier molecular flexibility index (Phi) is 5.67. The van der Waals surface area contributed by atoms with Crippen LogP contribution in [0, 0.1) is 22.7 Å². The molecule has 0 aliphatic carbocycles. The minimum Gasteiger partial charge on any atom is -0.192 e. The number of fused-ring (bicyclic) bond motifs is 1. The van der Waals surface area contributed by atoms with Crippen LogP contribution in [-0.2, 0) is 0 Å². The summed E-state index contributed by atoms with van der Waals surface area (Å²) < 4.78 is 0. The highest BCUT2D eigenvalue weighted by molar-refractivity contribution is 7.99. The fourth-order valence-corrected chi connectivity index (χ4v) is 3.23. The molecular weight excluding hydrogens is 276 g/mol.